The Balaban J connectivity index is 1.63. The number of hydrogen-bond donors (Lipinski definition) is 1. The van der Waals surface area contributed by atoms with Gasteiger partial charge in [0.1, 0.15) is 18.0 Å². The van der Waals surface area contributed by atoms with Gasteiger partial charge < -0.3 is 19.7 Å². The van der Waals surface area contributed by atoms with E-state index in [0.29, 0.717) is 32.1 Å². The fraction of sp³-hybridized carbons (Fsp3) is 0.400. The summed E-state index contributed by atoms with van der Waals surface area (Å²) in [6.07, 6.45) is 0. The smallest absolute Gasteiger partial charge is 0.292 e. The quantitative estimate of drug-likeness (QED) is 0.456. The first kappa shape index (κ1) is 19.0. The van der Waals surface area contributed by atoms with E-state index < -0.39 is 0 Å². The molecule has 0 bridgehead atoms. The lowest BCUT2D eigenvalue weighted by Crippen LogP contribution is -2.36. The van der Waals surface area contributed by atoms with Gasteiger partial charge >= 0.3 is 0 Å². The normalized spacial score (nSPS) is 14.1. The second-order valence-corrected chi connectivity index (χ2v) is 6.58. The Hall–Kier alpha value is -2.80. The topological polar surface area (TPSA) is 76.9 Å². The van der Waals surface area contributed by atoms with Crippen LogP contribution in [0.4, 0.5) is 17.1 Å². The highest BCUT2D eigenvalue weighted by atomic mass is 16.6. The van der Waals surface area contributed by atoms with E-state index >= 15 is 0 Å². The van der Waals surface area contributed by atoms with E-state index in [9.17, 15) is 10.1 Å². The van der Waals surface area contributed by atoms with Gasteiger partial charge in [-0.05, 0) is 49.2 Å². The first-order valence-electron chi connectivity index (χ1n) is 9.09. The highest BCUT2D eigenvalue weighted by molar-refractivity contribution is 5.69. The van der Waals surface area contributed by atoms with Crippen molar-refractivity contribution in [2.45, 2.75) is 13.8 Å². The van der Waals surface area contributed by atoms with E-state index in [1.54, 1.807) is 12.1 Å². The molecule has 0 aromatic heterocycles. The van der Waals surface area contributed by atoms with Crippen LogP contribution in [0.25, 0.3) is 0 Å². The summed E-state index contributed by atoms with van der Waals surface area (Å²) < 4.78 is 11.1. The Labute approximate surface area is 159 Å². The number of aryl methyl sites for hydroxylation is 2. The molecule has 1 N–H and O–H groups in total. The third-order valence-corrected chi connectivity index (χ3v) is 4.72. The number of morpholine rings is 1. The van der Waals surface area contributed by atoms with Crippen LogP contribution in [0.2, 0.25) is 0 Å². The van der Waals surface area contributed by atoms with Gasteiger partial charge in [-0.3, -0.25) is 10.1 Å². The lowest BCUT2D eigenvalue weighted by molar-refractivity contribution is -0.383. The van der Waals surface area contributed by atoms with Crippen molar-refractivity contribution in [1.82, 2.24) is 0 Å². The predicted octanol–water partition coefficient (Wildman–Crippen LogP) is 3.54. The molecule has 0 unspecified atom stereocenters. The summed E-state index contributed by atoms with van der Waals surface area (Å²) in [5.41, 5.74) is 3.93. The Morgan fingerprint density at radius 3 is 2.63 bits per heavy atom. The van der Waals surface area contributed by atoms with E-state index in [2.05, 4.69) is 17.1 Å². The summed E-state index contributed by atoms with van der Waals surface area (Å²) >= 11 is 0. The lowest BCUT2D eigenvalue weighted by atomic mass is 10.1. The summed E-state index contributed by atoms with van der Waals surface area (Å²) in [6.45, 7) is 7.90. The van der Waals surface area contributed by atoms with Crippen molar-refractivity contribution in [3.8, 4) is 5.75 Å². The highest BCUT2D eigenvalue weighted by Crippen LogP contribution is 2.30. The molecule has 1 aliphatic heterocycles. The molecule has 2 aromatic rings. The minimum atomic E-state index is -0.365. The van der Waals surface area contributed by atoms with Crippen molar-refractivity contribution < 1.29 is 14.4 Å². The zero-order valence-electron chi connectivity index (χ0n) is 15.7. The SMILES string of the molecule is Cc1ccc(OCCNc2cc(N3CCOCC3)ccc2[N+](=O)[O-])cc1C. The Bertz CT molecular complexity index is 804. The van der Waals surface area contributed by atoms with Crippen LogP contribution in [0.1, 0.15) is 11.1 Å². The number of anilines is 2. The van der Waals surface area contributed by atoms with Gasteiger partial charge in [0.2, 0.25) is 0 Å². The van der Waals surface area contributed by atoms with Gasteiger partial charge in [0.15, 0.2) is 0 Å². The molecule has 1 heterocycles. The molecule has 1 saturated heterocycles. The third-order valence-electron chi connectivity index (χ3n) is 4.72. The van der Waals surface area contributed by atoms with E-state index in [0.717, 1.165) is 24.5 Å². The van der Waals surface area contributed by atoms with Crippen LogP contribution in [0.3, 0.4) is 0 Å². The molecule has 0 saturated carbocycles. The molecular formula is C20H25N3O4. The lowest BCUT2D eigenvalue weighted by Gasteiger charge is -2.29. The van der Waals surface area contributed by atoms with Crippen LogP contribution in [0.5, 0.6) is 5.75 Å². The summed E-state index contributed by atoms with van der Waals surface area (Å²) in [4.78, 5) is 13.1. The fourth-order valence-corrected chi connectivity index (χ4v) is 3.00. The Morgan fingerprint density at radius 1 is 1.15 bits per heavy atom. The van der Waals surface area contributed by atoms with E-state index in [1.807, 2.05) is 31.2 Å². The monoisotopic (exact) mass is 371 g/mol. The van der Waals surface area contributed by atoms with E-state index in [-0.39, 0.29) is 10.6 Å². The average molecular weight is 371 g/mol. The molecule has 0 radical (unpaired) electrons. The Morgan fingerprint density at radius 2 is 1.93 bits per heavy atom. The molecule has 1 aliphatic rings. The molecule has 7 heteroatoms. The second kappa shape index (κ2) is 8.73. The summed E-state index contributed by atoms with van der Waals surface area (Å²) in [5, 5.41) is 14.5. The number of rotatable bonds is 7. The standard InChI is InChI=1S/C20H25N3O4/c1-15-3-5-18(13-16(15)2)27-10-7-21-19-14-17(4-6-20(19)23(24)25)22-8-11-26-12-9-22/h3-6,13-14,21H,7-12H2,1-2H3. The van der Waals surface area contributed by atoms with Crippen molar-refractivity contribution in [3.63, 3.8) is 0 Å². The number of nitrogens with zero attached hydrogens (tertiary/aromatic N) is 2. The minimum Gasteiger partial charge on any atom is -0.492 e. The molecule has 144 valence electrons. The first-order chi connectivity index (χ1) is 13.0. The molecule has 0 aliphatic carbocycles. The number of benzene rings is 2. The van der Waals surface area contributed by atoms with Crippen LogP contribution in [-0.2, 0) is 4.74 Å². The molecular weight excluding hydrogens is 346 g/mol. The molecule has 27 heavy (non-hydrogen) atoms. The molecule has 7 nitrogen and oxygen atoms in total. The van der Waals surface area contributed by atoms with Crippen LogP contribution < -0.4 is 15.0 Å². The number of nitro benzene ring substituents is 1. The second-order valence-electron chi connectivity index (χ2n) is 6.58. The van der Waals surface area contributed by atoms with Crippen molar-refractivity contribution in [2.75, 3.05) is 49.7 Å². The fourth-order valence-electron chi connectivity index (χ4n) is 3.00. The molecule has 0 amide bonds. The Kier molecular flexibility index (Phi) is 6.13. The van der Waals surface area contributed by atoms with Crippen molar-refractivity contribution >= 4 is 17.1 Å². The molecule has 0 spiro atoms. The van der Waals surface area contributed by atoms with Gasteiger partial charge in [0.25, 0.3) is 5.69 Å². The zero-order chi connectivity index (χ0) is 19.2. The van der Waals surface area contributed by atoms with Crippen LogP contribution >= 0.6 is 0 Å². The van der Waals surface area contributed by atoms with Gasteiger partial charge in [-0.15, -0.1) is 0 Å². The van der Waals surface area contributed by atoms with Gasteiger partial charge in [0, 0.05) is 31.4 Å². The maximum atomic E-state index is 11.3. The van der Waals surface area contributed by atoms with Gasteiger partial charge in [-0.1, -0.05) is 6.07 Å². The van der Waals surface area contributed by atoms with Crippen LogP contribution in [-0.4, -0.2) is 44.4 Å². The molecule has 1 fully saturated rings. The van der Waals surface area contributed by atoms with E-state index in [1.165, 1.54) is 11.1 Å². The molecule has 0 atom stereocenters. The average Bonchev–Trinajstić information content (AvgIpc) is 2.68. The van der Waals surface area contributed by atoms with Gasteiger partial charge in [-0.25, -0.2) is 0 Å². The highest BCUT2D eigenvalue weighted by Gasteiger charge is 2.18. The third kappa shape index (κ3) is 4.89. The van der Waals surface area contributed by atoms with Gasteiger partial charge in [0.05, 0.1) is 18.1 Å². The summed E-state index contributed by atoms with van der Waals surface area (Å²) in [7, 11) is 0. The number of ether oxygens (including phenoxy) is 2. The summed E-state index contributed by atoms with van der Waals surface area (Å²) in [6, 6.07) is 11.1. The van der Waals surface area contributed by atoms with Crippen molar-refractivity contribution in [2.24, 2.45) is 0 Å². The summed E-state index contributed by atoms with van der Waals surface area (Å²) in [5.74, 6) is 0.802. The zero-order valence-corrected chi connectivity index (χ0v) is 15.7. The van der Waals surface area contributed by atoms with Crippen molar-refractivity contribution in [1.29, 1.82) is 0 Å². The van der Waals surface area contributed by atoms with Crippen LogP contribution in [0.15, 0.2) is 36.4 Å². The molecule has 2 aromatic carbocycles. The number of nitrogens with one attached hydrogen (secondary N) is 1. The predicted molar refractivity (Wildman–Crippen MR) is 106 cm³/mol. The van der Waals surface area contributed by atoms with E-state index in [4.69, 9.17) is 9.47 Å². The van der Waals surface area contributed by atoms with Gasteiger partial charge in [-0.2, -0.15) is 0 Å². The number of hydrogen-bond acceptors (Lipinski definition) is 6. The number of nitro groups is 1. The minimum absolute atomic E-state index is 0.0678. The maximum absolute atomic E-state index is 11.3. The maximum Gasteiger partial charge on any atom is 0.292 e. The van der Waals surface area contributed by atoms with Crippen molar-refractivity contribution in [3.05, 3.63) is 57.6 Å². The largest absolute Gasteiger partial charge is 0.492 e. The molecule has 3 rings (SSSR count). The van der Waals surface area contributed by atoms with Crippen LogP contribution in [0, 0.1) is 24.0 Å². The first-order valence-corrected chi connectivity index (χ1v) is 9.09.